The first-order chi connectivity index (χ1) is 7.24. The number of carbonyl (C=O) groups is 1. The van der Waals surface area contributed by atoms with Gasteiger partial charge in [-0.2, -0.15) is 11.8 Å². The summed E-state index contributed by atoms with van der Waals surface area (Å²) in [5.74, 6) is 1.48. The fourth-order valence-electron chi connectivity index (χ4n) is 1.07. The number of rotatable bonds is 7. The normalized spacial score (nSPS) is 10.1. The van der Waals surface area contributed by atoms with Crippen molar-refractivity contribution in [1.82, 2.24) is 0 Å². The lowest BCUT2D eigenvalue weighted by Crippen LogP contribution is -1.91. The molecule has 0 aliphatic heterocycles. The molecule has 0 atom stereocenters. The summed E-state index contributed by atoms with van der Waals surface area (Å²) in [5, 5.41) is 8.63. The minimum atomic E-state index is -1.02. The molecule has 0 saturated carbocycles. The monoisotopic (exact) mass is 226 g/mol. The molecule has 0 aliphatic carbocycles. The van der Waals surface area contributed by atoms with Crippen LogP contribution in [-0.2, 0) is 5.75 Å². The zero-order valence-corrected chi connectivity index (χ0v) is 9.26. The van der Waals surface area contributed by atoms with Gasteiger partial charge in [0.25, 0.3) is 0 Å². The molecule has 0 bridgehead atoms. The van der Waals surface area contributed by atoms with E-state index in [0.29, 0.717) is 0 Å². The number of hydrogen-bond donors (Lipinski definition) is 1. The molecule has 3 nitrogen and oxygen atoms in total. The molecular weight excluding hydrogens is 212 g/mol. The summed E-state index contributed by atoms with van der Waals surface area (Å²) in [7, 11) is 0. The first-order valence-corrected chi connectivity index (χ1v) is 5.90. The first kappa shape index (κ1) is 11.9. The number of thioether (sulfide) groups is 1. The van der Waals surface area contributed by atoms with E-state index in [1.165, 1.54) is 6.07 Å². The molecule has 0 fully saturated rings. The van der Waals surface area contributed by atoms with Gasteiger partial charge in [0, 0.05) is 0 Å². The van der Waals surface area contributed by atoms with Crippen LogP contribution in [0.3, 0.4) is 0 Å². The minimum Gasteiger partial charge on any atom is -0.475 e. The van der Waals surface area contributed by atoms with Crippen molar-refractivity contribution in [3.8, 4) is 0 Å². The molecule has 0 amide bonds. The van der Waals surface area contributed by atoms with E-state index in [0.717, 1.165) is 30.1 Å². The van der Waals surface area contributed by atoms with E-state index in [2.05, 4.69) is 6.58 Å². The Morgan fingerprint density at radius 3 is 3.00 bits per heavy atom. The van der Waals surface area contributed by atoms with Crippen LogP contribution >= 0.6 is 11.8 Å². The van der Waals surface area contributed by atoms with Gasteiger partial charge in [-0.15, -0.1) is 6.58 Å². The van der Waals surface area contributed by atoms with Gasteiger partial charge in [-0.25, -0.2) is 4.79 Å². The number of unbranched alkanes of at least 4 members (excludes halogenated alkanes) is 1. The molecule has 1 aromatic heterocycles. The van der Waals surface area contributed by atoms with Gasteiger partial charge in [-0.05, 0) is 30.7 Å². The zero-order valence-electron chi connectivity index (χ0n) is 8.44. The third kappa shape index (κ3) is 4.25. The molecule has 1 heterocycles. The van der Waals surface area contributed by atoms with Crippen molar-refractivity contribution in [2.75, 3.05) is 5.75 Å². The summed E-state index contributed by atoms with van der Waals surface area (Å²) >= 11 is 1.74. The number of aromatic carboxylic acids is 1. The Labute approximate surface area is 93.2 Å². The molecule has 0 aliphatic rings. The molecule has 4 heteroatoms. The van der Waals surface area contributed by atoms with E-state index in [9.17, 15) is 4.79 Å². The van der Waals surface area contributed by atoms with Gasteiger partial charge < -0.3 is 9.52 Å². The van der Waals surface area contributed by atoms with Crippen molar-refractivity contribution in [2.24, 2.45) is 0 Å². The Bertz CT molecular complexity index is 330. The van der Waals surface area contributed by atoms with Gasteiger partial charge in [-0.1, -0.05) is 6.08 Å². The predicted molar refractivity (Wildman–Crippen MR) is 61.3 cm³/mol. The SMILES string of the molecule is C=CCCCSCc1ccc(C(=O)O)o1. The quantitative estimate of drug-likeness (QED) is 0.573. The van der Waals surface area contributed by atoms with Crippen molar-refractivity contribution < 1.29 is 14.3 Å². The Morgan fingerprint density at radius 2 is 2.40 bits per heavy atom. The molecule has 1 N–H and O–H groups in total. The third-order valence-corrected chi connectivity index (χ3v) is 2.88. The highest BCUT2D eigenvalue weighted by Gasteiger charge is 2.08. The molecule has 0 unspecified atom stereocenters. The second-order valence-electron chi connectivity index (χ2n) is 3.05. The summed E-state index contributed by atoms with van der Waals surface area (Å²) in [5.41, 5.74) is 0. The van der Waals surface area contributed by atoms with Crippen LogP contribution in [0.2, 0.25) is 0 Å². The topological polar surface area (TPSA) is 50.4 Å². The average Bonchev–Trinajstić information content (AvgIpc) is 2.66. The van der Waals surface area contributed by atoms with Crippen LogP contribution in [0.25, 0.3) is 0 Å². The maximum atomic E-state index is 10.5. The smallest absolute Gasteiger partial charge is 0.371 e. The van der Waals surface area contributed by atoms with E-state index in [-0.39, 0.29) is 5.76 Å². The van der Waals surface area contributed by atoms with E-state index in [1.807, 2.05) is 6.08 Å². The Morgan fingerprint density at radius 1 is 1.60 bits per heavy atom. The van der Waals surface area contributed by atoms with Gasteiger partial charge in [0.05, 0.1) is 5.75 Å². The first-order valence-electron chi connectivity index (χ1n) is 4.74. The summed E-state index contributed by atoms with van der Waals surface area (Å²) < 4.78 is 5.11. The van der Waals surface area contributed by atoms with E-state index < -0.39 is 5.97 Å². The van der Waals surface area contributed by atoms with Gasteiger partial charge in [0.2, 0.25) is 5.76 Å². The van der Waals surface area contributed by atoms with Gasteiger partial charge in [0.15, 0.2) is 0 Å². The van der Waals surface area contributed by atoms with Crippen molar-refractivity contribution in [3.63, 3.8) is 0 Å². The largest absolute Gasteiger partial charge is 0.475 e. The van der Waals surface area contributed by atoms with Crippen LogP contribution < -0.4 is 0 Å². The molecule has 82 valence electrons. The molecule has 0 radical (unpaired) electrons. The maximum Gasteiger partial charge on any atom is 0.371 e. The van der Waals surface area contributed by atoms with Gasteiger partial charge >= 0.3 is 5.97 Å². The Kier molecular flexibility index (Phi) is 5.04. The highest BCUT2D eigenvalue weighted by Crippen LogP contribution is 2.16. The number of carboxylic acids is 1. The van der Waals surface area contributed by atoms with Crippen LogP contribution in [-0.4, -0.2) is 16.8 Å². The molecule has 1 rings (SSSR count). The molecular formula is C11H14O3S. The van der Waals surface area contributed by atoms with Crippen molar-refractivity contribution in [3.05, 3.63) is 36.3 Å². The number of hydrogen-bond acceptors (Lipinski definition) is 3. The zero-order chi connectivity index (χ0) is 11.1. The number of furan rings is 1. The average molecular weight is 226 g/mol. The fraction of sp³-hybridized carbons (Fsp3) is 0.364. The highest BCUT2D eigenvalue weighted by atomic mass is 32.2. The van der Waals surface area contributed by atoms with Gasteiger partial charge in [0.1, 0.15) is 5.76 Å². The van der Waals surface area contributed by atoms with E-state index in [1.54, 1.807) is 17.8 Å². The Balaban J connectivity index is 2.25. The fourth-order valence-corrected chi connectivity index (χ4v) is 1.94. The summed E-state index contributed by atoms with van der Waals surface area (Å²) in [6, 6.07) is 3.20. The predicted octanol–water partition coefficient (Wildman–Crippen LogP) is 3.18. The van der Waals surface area contributed by atoms with Gasteiger partial charge in [-0.3, -0.25) is 0 Å². The standard InChI is InChI=1S/C11H14O3S/c1-2-3-4-7-15-8-9-5-6-10(14-9)11(12)13/h2,5-6H,1,3-4,7-8H2,(H,12,13). The van der Waals surface area contributed by atoms with Crippen LogP contribution in [0.15, 0.2) is 29.2 Å². The highest BCUT2D eigenvalue weighted by molar-refractivity contribution is 7.98. The van der Waals surface area contributed by atoms with Crippen LogP contribution in [0.4, 0.5) is 0 Å². The molecule has 0 aromatic carbocycles. The lowest BCUT2D eigenvalue weighted by Gasteiger charge is -1.96. The number of carboxylic acid groups (broad SMARTS) is 1. The van der Waals surface area contributed by atoms with E-state index in [4.69, 9.17) is 9.52 Å². The van der Waals surface area contributed by atoms with Crippen LogP contribution in [0.1, 0.15) is 29.2 Å². The minimum absolute atomic E-state index is 0.0108. The second-order valence-corrected chi connectivity index (χ2v) is 4.16. The van der Waals surface area contributed by atoms with Crippen LogP contribution in [0, 0.1) is 0 Å². The Hall–Kier alpha value is -1.16. The van der Waals surface area contributed by atoms with E-state index >= 15 is 0 Å². The summed E-state index contributed by atoms with van der Waals surface area (Å²) in [6.45, 7) is 3.65. The molecule has 1 aromatic rings. The lowest BCUT2D eigenvalue weighted by molar-refractivity contribution is 0.0661. The third-order valence-electron chi connectivity index (χ3n) is 1.81. The van der Waals surface area contributed by atoms with Crippen LogP contribution in [0.5, 0.6) is 0 Å². The molecule has 0 saturated heterocycles. The molecule has 15 heavy (non-hydrogen) atoms. The molecule has 0 spiro atoms. The lowest BCUT2D eigenvalue weighted by atomic mass is 10.3. The van der Waals surface area contributed by atoms with Crippen molar-refractivity contribution >= 4 is 17.7 Å². The number of allylic oxidation sites excluding steroid dienone is 1. The summed E-state index contributed by atoms with van der Waals surface area (Å²) in [4.78, 5) is 10.5. The maximum absolute atomic E-state index is 10.5. The summed E-state index contributed by atoms with van der Waals surface area (Å²) in [6.07, 6.45) is 4.02. The van der Waals surface area contributed by atoms with Crippen molar-refractivity contribution in [2.45, 2.75) is 18.6 Å². The second kappa shape index (κ2) is 6.35. The van der Waals surface area contributed by atoms with Crippen molar-refractivity contribution in [1.29, 1.82) is 0 Å².